The van der Waals surface area contributed by atoms with E-state index in [2.05, 4.69) is 0 Å². The van der Waals surface area contributed by atoms with Crippen molar-refractivity contribution in [3.8, 4) is 0 Å². The first-order valence-electron chi connectivity index (χ1n) is 10.3. The maximum atomic E-state index is 13.4. The molecule has 1 N–H and O–H groups in total. The van der Waals surface area contributed by atoms with Gasteiger partial charge in [0.2, 0.25) is 5.91 Å². The largest absolute Gasteiger partial charge is 0.430 e. The van der Waals surface area contributed by atoms with Gasteiger partial charge in [-0.05, 0) is 12.8 Å². The number of benzene rings is 2. The molecule has 0 bridgehead atoms. The SMILES string of the molecule is CC(C)[C@@H]1N(C(=O)[C@H](C)C(C)(O)C(F)(F)F)C(=O)OC1(c1ccccc1)c1ccccc1. The molecule has 3 rings (SSSR count). The van der Waals surface area contributed by atoms with Gasteiger partial charge in [-0.15, -0.1) is 0 Å². The Hall–Kier alpha value is -2.87. The number of amides is 2. The third-order valence-electron chi connectivity index (χ3n) is 6.20. The first kappa shape index (κ1) is 23.8. The molecule has 2 aromatic carbocycles. The van der Waals surface area contributed by atoms with Crippen LogP contribution in [0.5, 0.6) is 0 Å². The van der Waals surface area contributed by atoms with Crippen LogP contribution in [0.4, 0.5) is 18.0 Å². The van der Waals surface area contributed by atoms with Gasteiger partial charge in [0.25, 0.3) is 0 Å². The molecule has 2 amide bonds. The van der Waals surface area contributed by atoms with E-state index in [4.69, 9.17) is 4.74 Å². The number of carbonyl (C=O) groups excluding carboxylic acids is 2. The molecule has 1 aliphatic heterocycles. The normalized spacial score (nSPS) is 21.2. The van der Waals surface area contributed by atoms with E-state index >= 15 is 0 Å². The summed E-state index contributed by atoms with van der Waals surface area (Å²) in [5.41, 5.74) is -3.57. The summed E-state index contributed by atoms with van der Waals surface area (Å²) in [6.45, 7) is 5.02. The lowest BCUT2D eigenvalue weighted by molar-refractivity contribution is -0.268. The zero-order valence-electron chi connectivity index (χ0n) is 18.3. The third-order valence-corrected chi connectivity index (χ3v) is 6.20. The number of imide groups is 1. The molecule has 3 atom stereocenters. The molecule has 1 fully saturated rings. The van der Waals surface area contributed by atoms with Gasteiger partial charge in [-0.3, -0.25) is 4.79 Å². The van der Waals surface area contributed by atoms with Crippen LogP contribution in [0.1, 0.15) is 38.8 Å². The quantitative estimate of drug-likeness (QED) is 0.706. The van der Waals surface area contributed by atoms with Crippen molar-refractivity contribution in [3.63, 3.8) is 0 Å². The second-order valence-corrected chi connectivity index (χ2v) is 8.60. The fourth-order valence-electron chi connectivity index (χ4n) is 4.23. The molecule has 1 unspecified atom stereocenters. The van der Waals surface area contributed by atoms with Gasteiger partial charge in [-0.1, -0.05) is 81.4 Å². The lowest BCUT2D eigenvalue weighted by Gasteiger charge is -2.39. The first-order chi connectivity index (χ1) is 14.9. The molecular formula is C24H26F3NO4. The van der Waals surface area contributed by atoms with E-state index in [1.165, 1.54) is 0 Å². The van der Waals surface area contributed by atoms with E-state index in [9.17, 15) is 27.9 Å². The monoisotopic (exact) mass is 449 g/mol. The highest BCUT2D eigenvalue weighted by atomic mass is 19.4. The number of nitrogens with zero attached hydrogens (tertiary/aromatic N) is 1. The molecule has 2 aromatic rings. The average Bonchev–Trinajstić information content (AvgIpc) is 3.07. The predicted octanol–water partition coefficient (Wildman–Crippen LogP) is 4.88. The van der Waals surface area contributed by atoms with Crippen LogP contribution >= 0.6 is 0 Å². The highest BCUT2D eigenvalue weighted by Crippen LogP contribution is 2.48. The summed E-state index contributed by atoms with van der Waals surface area (Å²) in [6.07, 6.45) is -6.11. The van der Waals surface area contributed by atoms with Crippen molar-refractivity contribution < 1.29 is 32.6 Å². The molecule has 0 radical (unpaired) electrons. The molecule has 0 aromatic heterocycles. The summed E-state index contributed by atoms with van der Waals surface area (Å²) in [4.78, 5) is 27.1. The zero-order valence-corrected chi connectivity index (χ0v) is 18.3. The molecule has 5 nitrogen and oxygen atoms in total. The first-order valence-corrected chi connectivity index (χ1v) is 10.3. The van der Waals surface area contributed by atoms with Gasteiger partial charge in [-0.25, -0.2) is 9.69 Å². The predicted molar refractivity (Wildman–Crippen MR) is 111 cm³/mol. The van der Waals surface area contributed by atoms with E-state index in [0.717, 1.165) is 11.8 Å². The van der Waals surface area contributed by atoms with Crippen molar-refractivity contribution in [2.24, 2.45) is 11.8 Å². The fourth-order valence-corrected chi connectivity index (χ4v) is 4.23. The lowest BCUT2D eigenvalue weighted by atomic mass is 9.75. The maximum Gasteiger partial charge on any atom is 0.418 e. The van der Waals surface area contributed by atoms with Crippen LogP contribution in [-0.4, -0.2) is 39.8 Å². The molecule has 1 saturated heterocycles. The van der Waals surface area contributed by atoms with E-state index in [0.29, 0.717) is 18.1 Å². The summed E-state index contributed by atoms with van der Waals surface area (Å²) >= 11 is 0. The number of alkyl halides is 3. The summed E-state index contributed by atoms with van der Waals surface area (Å²) in [5.74, 6) is -3.46. The molecule has 0 saturated carbocycles. The highest BCUT2D eigenvalue weighted by Gasteiger charge is 2.63. The molecule has 0 spiro atoms. The number of carbonyl (C=O) groups is 2. The summed E-state index contributed by atoms with van der Waals surface area (Å²) < 4.78 is 46.2. The number of hydrogen-bond acceptors (Lipinski definition) is 4. The Morgan fingerprint density at radius 2 is 1.44 bits per heavy atom. The fraction of sp³-hybridized carbons (Fsp3) is 0.417. The van der Waals surface area contributed by atoms with Gasteiger partial charge in [0.1, 0.15) is 0 Å². The van der Waals surface area contributed by atoms with Crippen LogP contribution in [0.3, 0.4) is 0 Å². The van der Waals surface area contributed by atoms with Crippen LogP contribution < -0.4 is 0 Å². The van der Waals surface area contributed by atoms with Crippen LogP contribution in [0.15, 0.2) is 60.7 Å². The second kappa shape index (κ2) is 8.24. The Kier molecular flexibility index (Phi) is 6.12. The zero-order chi connectivity index (χ0) is 23.9. The standard InChI is InChI=1S/C24H26F3NO4/c1-15(2)19-23(17-11-7-5-8-12-17,18-13-9-6-10-14-18)32-21(30)28(19)20(29)16(3)22(4,31)24(25,26)27/h5-16,19,31H,1-4H3/t16-,19-,22?/m0/s1. The van der Waals surface area contributed by atoms with Gasteiger partial charge in [0.05, 0.1) is 12.0 Å². The van der Waals surface area contributed by atoms with Gasteiger partial charge in [-0.2, -0.15) is 13.2 Å². The second-order valence-electron chi connectivity index (χ2n) is 8.60. The summed E-state index contributed by atoms with van der Waals surface area (Å²) in [7, 11) is 0. The molecule has 0 aliphatic carbocycles. The highest BCUT2D eigenvalue weighted by molar-refractivity contribution is 5.96. The minimum Gasteiger partial charge on any atom is -0.430 e. The number of ether oxygens (including phenoxy) is 1. The van der Waals surface area contributed by atoms with Crippen LogP contribution in [0.25, 0.3) is 0 Å². The van der Waals surface area contributed by atoms with Gasteiger partial charge in [0.15, 0.2) is 11.2 Å². The smallest absolute Gasteiger partial charge is 0.418 e. The number of aliphatic hydroxyl groups is 1. The Bertz CT molecular complexity index is 934. The van der Waals surface area contributed by atoms with E-state index in [-0.39, 0.29) is 5.92 Å². The van der Waals surface area contributed by atoms with Crippen LogP contribution in [0, 0.1) is 11.8 Å². The Balaban J connectivity index is 2.19. The number of rotatable bonds is 5. The number of halogens is 3. The van der Waals surface area contributed by atoms with E-state index in [1.807, 2.05) is 0 Å². The number of cyclic esters (lactones) is 1. The van der Waals surface area contributed by atoms with E-state index < -0.39 is 41.3 Å². The summed E-state index contributed by atoms with van der Waals surface area (Å²) in [5, 5.41) is 10.1. The minimum atomic E-state index is -5.06. The topological polar surface area (TPSA) is 66.8 Å². The van der Waals surface area contributed by atoms with Crippen molar-refractivity contribution in [3.05, 3.63) is 71.8 Å². The van der Waals surface area contributed by atoms with Crippen molar-refractivity contribution in [2.75, 3.05) is 0 Å². The molecule has 1 aliphatic rings. The average molecular weight is 449 g/mol. The van der Waals surface area contributed by atoms with Gasteiger partial charge < -0.3 is 9.84 Å². The van der Waals surface area contributed by atoms with Gasteiger partial charge in [0, 0.05) is 11.1 Å². The lowest BCUT2D eigenvalue weighted by Crippen LogP contribution is -2.57. The van der Waals surface area contributed by atoms with Crippen LogP contribution in [-0.2, 0) is 15.1 Å². The van der Waals surface area contributed by atoms with Crippen molar-refractivity contribution in [1.82, 2.24) is 4.90 Å². The minimum absolute atomic E-state index is 0.381. The molecule has 8 heteroatoms. The van der Waals surface area contributed by atoms with Crippen molar-refractivity contribution >= 4 is 12.0 Å². The van der Waals surface area contributed by atoms with Gasteiger partial charge >= 0.3 is 12.3 Å². The molecule has 32 heavy (non-hydrogen) atoms. The molecule has 1 heterocycles. The third kappa shape index (κ3) is 3.66. The van der Waals surface area contributed by atoms with Crippen molar-refractivity contribution in [2.45, 2.75) is 51.1 Å². The Labute approximate surface area is 184 Å². The molecule has 172 valence electrons. The molecular weight excluding hydrogens is 423 g/mol. The maximum absolute atomic E-state index is 13.4. The van der Waals surface area contributed by atoms with E-state index in [1.54, 1.807) is 74.5 Å². The summed E-state index contributed by atoms with van der Waals surface area (Å²) in [6, 6.07) is 16.7. The Morgan fingerprint density at radius 1 is 1.00 bits per heavy atom. The van der Waals surface area contributed by atoms with Crippen LogP contribution in [0.2, 0.25) is 0 Å². The Morgan fingerprint density at radius 3 is 1.81 bits per heavy atom. The number of hydrogen-bond donors (Lipinski definition) is 1. The van der Waals surface area contributed by atoms with Crippen molar-refractivity contribution in [1.29, 1.82) is 0 Å².